The Bertz CT molecular complexity index is 1110. The summed E-state index contributed by atoms with van der Waals surface area (Å²) in [4.78, 5) is 4.96. The van der Waals surface area contributed by atoms with Gasteiger partial charge in [0.05, 0.1) is 29.6 Å². The predicted octanol–water partition coefficient (Wildman–Crippen LogP) is 3.17. The molecule has 1 N–H and O–H groups in total. The van der Waals surface area contributed by atoms with Gasteiger partial charge in [0.1, 0.15) is 11.6 Å². The summed E-state index contributed by atoms with van der Waals surface area (Å²) in [5, 5.41) is 3.50. The lowest BCUT2D eigenvalue weighted by atomic mass is 10.1. The average Bonchev–Trinajstić information content (AvgIpc) is 3.08. The minimum Gasteiger partial charge on any atom is -0.496 e. The van der Waals surface area contributed by atoms with Gasteiger partial charge in [0.25, 0.3) is 0 Å². The lowest BCUT2D eigenvalue weighted by Gasteiger charge is -2.17. The smallest absolute Gasteiger partial charge is 0.242 e. The van der Waals surface area contributed by atoms with E-state index in [2.05, 4.69) is 23.7 Å². The van der Waals surface area contributed by atoms with Gasteiger partial charge in [-0.25, -0.2) is 17.7 Å². The van der Waals surface area contributed by atoms with Gasteiger partial charge in [0, 0.05) is 32.2 Å². The molecule has 1 aromatic heterocycles. The van der Waals surface area contributed by atoms with Crippen LogP contribution < -0.4 is 10.1 Å². The van der Waals surface area contributed by atoms with E-state index in [0.717, 1.165) is 29.2 Å². The van der Waals surface area contributed by atoms with Crippen LogP contribution in [0.25, 0.3) is 11.0 Å². The van der Waals surface area contributed by atoms with Crippen LogP contribution in [0.1, 0.15) is 31.3 Å². The topological polar surface area (TPSA) is 76.5 Å². The van der Waals surface area contributed by atoms with E-state index < -0.39 is 10.0 Å². The predicted molar refractivity (Wildman–Crippen MR) is 115 cm³/mol. The monoisotopic (exact) mass is 416 g/mol. The van der Waals surface area contributed by atoms with Crippen molar-refractivity contribution in [3.8, 4) is 5.75 Å². The zero-order chi connectivity index (χ0) is 21.2. The molecule has 0 saturated heterocycles. The second-order valence-electron chi connectivity index (χ2n) is 7.05. The number of benzene rings is 2. The summed E-state index contributed by atoms with van der Waals surface area (Å²) in [6.45, 7) is 5.44. The van der Waals surface area contributed by atoms with E-state index in [4.69, 9.17) is 9.72 Å². The average molecular weight is 417 g/mol. The molecule has 8 heteroatoms. The number of hydrogen-bond acceptors (Lipinski definition) is 5. The van der Waals surface area contributed by atoms with E-state index in [1.807, 2.05) is 30.3 Å². The SMILES string of the molecule is CCn1c(CNC(C)c2ccccc2OC)nc2cc(S(=O)(=O)N(C)C)ccc21. The number of hydrogen-bond donors (Lipinski definition) is 1. The number of rotatable bonds is 8. The normalized spacial score (nSPS) is 13.2. The molecule has 0 spiro atoms. The third-order valence-corrected chi connectivity index (χ3v) is 6.88. The van der Waals surface area contributed by atoms with E-state index >= 15 is 0 Å². The number of aryl methyl sites for hydroxylation is 1. The Morgan fingerprint density at radius 3 is 2.59 bits per heavy atom. The van der Waals surface area contributed by atoms with Crippen molar-refractivity contribution in [2.75, 3.05) is 21.2 Å². The van der Waals surface area contributed by atoms with Crippen LogP contribution in [-0.2, 0) is 23.1 Å². The molecule has 156 valence electrons. The van der Waals surface area contributed by atoms with Gasteiger partial charge in [-0.15, -0.1) is 0 Å². The summed E-state index contributed by atoms with van der Waals surface area (Å²) in [7, 11) is 1.23. The number of para-hydroxylation sites is 1. The number of nitrogens with zero attached hydrogens (tertiary/aromatic N) is 3. The minimum absolute atomic E-state index is 0.0703. The van der Waals surface area contributed by atoms with Crippen LogP contribution in [0.3, 0.4) is 0 Å². The summed E-state index contributed by atoms with van der Waals surface area (Å²) < 4.78 is 33.6. The van der Waals surface area contributed by atoms with Gasteiger partial charge >= 0.3 is 0 Å². The molecule has 3 aromatic rings. The zero-order valence-corrected chi connectivity index (χ0v) is 18.3. The molecule has 1 unspecified atom stereocenters. The van der Waals surface area contributed by atoms with Crippen molar-refractivity contribution >= 4 is 21.1 Å². The molecule has 0 bridgehead atoms. The highest BCUT2D eigenvalue weighted by molar-refractivity contribution is 7.89. The van der Waals surface area contributed by atoms with Crippen molar-refractivity contribution in [1.29, 1.82) is 0 Å². The van der Waals surface area contributed by atoms with Crippen LogP contribution in [0.2, 0.25) is 0 Å². The van der Waals surface area contributed by atoms with E-state index in [-0.39, 0.29) is 10.9 Å². The van der Waals surface area contributed by atoms with E-state index in [1.54, 1.807) is 19.2 Å². The Hall–Kier alpha value is -2.42. The first-order valence-electron chi connectivity index (χ1n) is 9.57. The highest BCUT2D eigenvalue weighted by atomic mass is 32.2. The Balaban J connectivity index is 1.89. The molecule has 0 fully saturated rings. The fraction of sp³-hybridized carbons (Fsp3) is 0.381. The molecular formula is C21H28N4O3S. The number of aromatic nitrogens is 2. The largest absolute Gasteiger partial charge is 0.496 e. The maximum atomic E-state index is 12.4. The van der Waals surface area contributed by atoms with Crippen molar-refractivity contribution in [1.82, 2.24) is 19.2 Å². The number of sulfonamides is 1. The van der Waals surface area contributed by atoms with Gasteiger partial charge < -0.3 is 14.6 Å². The fourth-order valence-electron chi connectivity index (χ4n) is 3.40. The highest BCUT2D eigenvalue weighted by Crippen LogP contribution is 2.26. The molecular weight excluding hydrogens is 388 g/mol. The summed E-state index contributed by atoms with van der Waals surface area (Å²) in [6, 6.07) is 13.1. The molecule has 3 rings (SSSR count). The van der Waals surface area contributed by atoms with E-state index in [1.165, 1.54) is 18.4 Å². The quantitative estimate of drug-likeness (QED) is 0.610. The van der Waals surface area contributed by atoms with Crippen molar-refractivity contribution in [2.45, 2.75) is 37.9 Å². The van der Waals surface area contributed by atoms with Gasteiger partial charge in [-0.1, -0.05) is 18.2 Å². The summed E-state index contributed by atoms with van der Waals surface area (Å²) >= 11 is 0. The number of ether oxygens (including phenoxy) is 1. The molecule has 2 aromatic carbocycles. The Morgan fingerprint density at radius 1 is 1.21 bits per heavy atom. The standard InChI is InChI=1S/C21H28N4O3S/c1-6-25-19-12-11-16(29(26,27)24(3)4)13-18(19)23-21(25)14-22-15(2)17-9-7-8-10-20(17)28-5/h7-13,15,22H,6,14H2,1-5H3. The highest BCUT2D eigenvalue weighted by Gasteiger charge is 2.20. The third kappa shape index (κ3) is 4.14. The second kappa shape index (κ2) is 8.52. The first-order chi connectivity index (χ1) is 13.8. The summed E-state index contributed by atoms with van der Waals surface area (Å²) in [5.41, 5.74) is 2.68. The molecule has 29 heavy (non-hydrogen) atoms. The molecule has 0 aliphatic rings. The molecule has 0 aliphatic heterocycles. The Morgan fingerprint density at radius 2 is 1.93 bits per heavy atom. The lowest BCUT2D eigenvalue weighted by Crippen LogP contribution is -2.22. The molecule has 0 radical (unpaired) electrons. The molecule has 0 saturated carbocycles. The van der Waals surface area contributed by atoms with Crippen LogP contribution in [0.5, 0.6) is 5.75 Å². The zero-order valence-electron chi connectivity index (χ0n) is 17.5. The molecule has 0 aliphatic carbocycles. The second-order valence-corrected chi connectivity index (χ2v) is 9.21. The molecule has 1 heterocycles. The van der Waals surface area contributed by atoms with Gasteiger partial charge in [-0.2, -0.15) is 0 Å². The van der Waals surface area contributed by atoms with Gasteiger partial charge in [-0.3, -0.25) is 0 Å². The van der Waals surface area contributed by atoms with Crippen LogP contribution in [0, 0.1) is 0 Å². The van der Waals surface area contributed by atoms with Crippen LogP contribution in [-0.4, -0.2) is 43.5 Å². The minimum atomic E-state index is -3.49. The molecule has 7 nitrogen and oxygen atoms in total. The van der Waals surface area contributed by atoms with Crippen LogP contribution >= 0.6 is 0 Å². The number of imidazole rings is 1. The van der Waals surface area contributed by atoms with Crippen molar-refractivity contribution in [2.24, 2.45) is 0 Å². The van der Waals surface area contributed by atoms with E-state index in [0.29, 0.717) is 12.1 Å². The van der Waals surface area contributed by atoms with Crippen molar-refractivity contribution < 1.29 is 13.2 Å². The third-order valence-electron chi connectivity index (χ3n) is 5.07. The van der Waals surface area contributed by atoms with Gasteiger partial charge in [0.2, 0.25) is 10.0 Å². The first kappa shape index (κ1) is 21.3. The maximum Gasteiger partial charge on any atom is 0.242 e. The number of fused-ring (bicyclic) bond motifs is 1. The Kier molecular flexibility index (Phi) is 6.26. The summed E-state index contributed by atoms with van der Waals surface area (Å²) in [6.07, 6.45) is 0. The van der Waals surface area contributed by atoms with Gasteiger partial charge in [0.15, 0.2) is 0 Å². The fourth-order valence-corrected chi connectivity index (χ4v) is 4.32. The number of nitrogens with one attached hydrogen (secondary N) is 1. The van der Waals surface area contributed by atoms with Crippen LogP contribution in [0.15, 0.2) is 47.4 Å². The van der Waals surface area contributed by atoms with E-state index in [9.17, 15) is 8.42 Å². The first-order valence-corrected chi connectivity index (χ1v) is 11.0. The van der Waals surface area contributed by atoms with Crippen LogP contribution in [0.4, 0.5) is 0 Å². The van der Waals surface area contributed by atoms with Crippen molar-refractivity contribution in [3.63, 3.8) is 0 Å². The molecule has 1 atom stereocenters. The molecule has 0 amide bonds. The Labute approximate surface area is 172 Å². The number of methoxy groups -OCH3 is 1. The van der Waals surface area contributed by atoms with Crippen molar-refractivity contribution in [3.05, 3.63) is 53.9 Å². The maximum absolute atomic E-state index is 12.4. The lowest BCUT2D eigenvalue weighted by molar-refractivity contribution is 0.400. The summed E-state index contributed by atoms with van der Waals surface area (Å²) in [5.74, 6) is 1.71. The van der Waals surface area contributed by atoms with Gasteiger partial charge in [-0.05, 0) is 38.1 Å².